The lowest BCUT2D eigenvalue weighted by Crippen LogP contribution is -2.32. The van der Waals surface area contributed by atoms with Crippen LogP contribution in [0.5, 0.6) is 0 Å². The highest BCUT2D eigenvalue weighted by molar-refractivity contribution is 7.89. The van der Waals surface area contributed by atoms with Crippen molar-refractivity contribution in [1.82, 2.24) is 4.89 Å². The van der Waals surface area contributed by atoms with E-state index in [9.17, 15) is 26.4 Å². The Morgan fingerprint density at radius 1 is 1.26 bits per heavy atom. The number of esters is 1. The maximum atomic E-state index is 11.8. The fourth-order valence-corrected chi connectivity index (χ4v) is 2.12. The minimum atomic E-state index is -5.19. The largest absolute Gasteiger partial charge is 0.539 e. The highest BCUT2D eigenvalue weighted by Gasteiger charge is 2.33. The third-order valence-corrected chi connectivity index (χ3v) is 3.09. The van der Waals surface area contributed by atoms with E-state index in [0.29, 0.717) is 0 Å². The number of halogens is 3. The third kappa shape index (κ3) is 4.19. The number of methoxy groups -OCH3 is 1. The Balaban J connectivity index is 3.12. The summed E-state index contributed by atoms with van der Waals surface area (Å²) in [6.45, 7) is 0. The van der Waals surface area contributed by atoms with Crippen LogP contribution in [0.25, 0.3) is 0 Å². The number of rotatable bonds is 4. The van der Waals surface area contributed by atoms with Crippen LogP contribution >= 0.6 is 0 Å². The summed E-state index contributed by atoms with van der Waals surface area (Å²) in [5, 5.41) is 0. The fourth-order valence-electron chi connectivity index (χ4n) is 1.13. The molecule has 0 unspecified atom stereocenters. The zero-order valence-corrected chi connectivity index (χ0v) is 10.2. The molecule has 0 amide bonds. The Morgan fingerprint density at radius 2 is 1.84 bits per heavy atom. The smallest absolute Gasteiger partial charge is 0.465 e. The molecule has 0 aliphatic rings. The van der Waals surface area contributed by atoms with Gasteiger partial charge in [-0.15, -0.1) is 13.2 Å². The average Bonchev–Trinajstić information content (AvgIpc) is 2.35. The lowest BCUT2D eigenvalue weighted by atomic mass is 10.2. The normalized spacial score (nSPS) is 12.2. The van der Waals surface area contributed by atoms with Crippen LogP contribution in [0.2, 0.25) is 0 Å². The van der Waals surface area contributed by atoms with Crippen LogP contribution in [0.1, 0.15) is 10.4 Å². The monoisotopic (exact) mass is 299 g/mol. The van der Waals surface area contributed by atoms with Crippen molar-refractivity contribution in [2.24, 2.45) is 0 Å². The van der Waals surface area contributed by atoms with Crippen LogP contribution < -0.4 is 4.89 Å². The maximum Gasteiger partial charge on any atom is 0.539 e. The number of ether oxygens (including phenoxy) is 1. The SMILES string of the molecule is COC(=O)c1ccccc1S(=O)(=O)NOC(F)(F)F. The van der Waals surface area contributed by atoms with Crippen LogP contribution in [0, 0.1) is 0 Å². The van der Waals surface area contributed by atoms with Crippen molar-refractivity contribution in [3.05, 3.63) is 29.8 Å². The molecule has 19 heavy (non-hydrogen) atoms. The van der Waals surface area contributed by atoms with E-state index in [-0.39, 0.29) is 0 Å². The first kappa shape index (κ1) is 15.4. The number of sulfonamides is 1. The van der Waals surface area contributed by atoms with Gasteiger partial charge in [0.1, 0.15) is 0 Å². The van der Waals surface area contributed by atoms with Gasteiger partial charge in [-0.25, -0.2) is 13.2 Å². The second-order valence-corrected chi connectivity index (χ2v) is 4.74. The van der Waals surface area contributed by atoms with Crippen LogP contribution in [-0.4, -0.2) is 27.9 Å². The van der Waals surface area contributed by atoms with Gasteiger partial charge < -0.3 is 4.74 Å². The molecule has 0 fully saturated rings. The molecule has 0 heterocycles. The predicted molar refractivity (Wildman–Crippen MR) is 55.2 cm³/mol. The quantitative estimate of drug-likeness (QED) is 0.667. The molecule has 0 saturated carbocycles. The van der Waals surface area contributed by atoms with E-state index < -0.39 is 32.8 Å². The molecule has 0 bridgehead atoms. The summed E-state index contributed by atoms with van der Waals surface area (Å²) in [4.78, 5) is 14.5. The number of carbonyl (C=O) groups excluding carboxylic acids is 1. The van der Waals surface area contributed by atoms with Gasteiger partial charge in [-0.1, -0.05) is 17.0 Å². The van der Waals surface area contributed by atoms with E-state index in [2.05, 4.69) is 9.57 Å². The summed E-state index contributed by atoms with van der Waals surface area (Å²) < 4.78 is 62.8. The fraction of sp³-hybridized carbons (Fsp3) is 0.222. The van der Waals surface area contributed by atoms with E-state index in [4.69, 9.17) is 0 Å². The van der Waals surface area contributed by atoms with Crippen LogP contribution in [-0.2, 0) is 19.6 Å². The Hall–Kier alpha value is -1.65. The molecule has 0 saturated heterocycles. The standard InChI is InChI=1S/C9H8F3NO5S/c1-17-8(14)6-4-2-3-5-7(6)19(15,16)13-18-9(10,11)12/h2-5,13H,1H3. The Kier molecular flexibility index (Phi) is 4.50. The molecular formula is C9H8F3NO5S. The first-order chi connectivity index (χ1) is 8.67. The zero-order chi connectivity index (χ0) is 14.7. The van der Waals surface area contributed by atoms with Gasteiger partial charge in [0.15, 0.2) is 0 Å². The van der Waals surface area contributed by atoms with E-state index in [1.54, 1.807) is 0 Å². The van der Waals surface area contributed by atoms with Gasteiger partial charge in [0.2, 0.25) is 0 Å². The third-order valence-electron chi connectivity index (χ3n) is 1.85. The Morgan fingerprint density at radius 3 is 2.37 bits per heavy atom. The molecule has 10 heteroatoms. The number of benzene rings is 1. The molecule has 0 aromatic heterocycles. The summed E-state index contributed by atoms with van der Waals surface area (Å²) in [5.41, 5.74) is -0.414. The first-order valence-electron chi connectivity index (χ1n) is 4.61. The van der Waals surface area contributed by atoms with Crippen LogP contribution in [0.3, 0.4) is 0 Å². The highest BCUT2D eigenvalue weighted by atomic mass is 32.2. The van der Waals surface area contributed by atoms with Crippen molar-refractivity contribution in [3.63, 3.8) is 0 Å². The van der Waals surface area contributed by atoms with Gasteiger partial charge in [0.05, 0.1) is 17.6 Å². The summed E-state index contributed by atoms with van der Waals surface area (Å²) in [5.74, 6) is -1.01. The Bertz CT molecular complexity index is 569. The minimum absolute atomic E-state index is 0.414. The number of carbonyl (C=O) groups is 1. The summed E-state index contributed by atoms with van der Waals surface area (Å²) in [7, 11) is -3.67. The van der Waals surface area contributed by atoms with Crippen molar-refractivity contribution in [3.8, 4) is 0 Å². The molecule has 0 spiro atoms. The van der Waals surface area contributed by atoms with Gasteiger partial charge in [-0.3, -0.25) is 0 Å². The molecule has 0 radical (unpaired) electrons. The average molecular weight is 299 g/mol. The van der Waals surface area contributed by atoms with E-state index in [1.165, 1.54) is 12.1 Å². The maximum absolute atomic E-state index is 11.8. The van der Waals surface area contributed by atoms with Crippen molar-refractivity contribution in [2.75, 3.05) is 7.11 Å². The molecular weight excluding hydrogens is 291 g/mol. The van der Waals surface area contributed by atoms with Crippen LogP contribution in [0.15, 0.2) is 29.2 Å². The lowest BCUT2D eigenvalue weighted by molar-refractivity contribution is -0.338. The molecule has 0 aliphatic heterocycles. The number of hydrogen-bond acceptors (Lipinski definition) is 5. The summed E-state index contributed by atoms with van der Waals surface area (Å²) in [6, 6.07) is 4.59. The Labute approximate surface area is 106 Å². The second-order valence-electron chi connectivity index (χ2n) is 3.12. The van der Waals surface area contributed by atoms with Gasteiger partial charge in [0.25, 0.3) is 10.0 Å². The van der Waals surface area contributed by atoms with Crippen LogP contribution in [0.4, 0.5) is 13.2 Å². The first-order valence-corrected chi connectivity index (χ1v) is 6.09. The van der Waals surface area contributed by atoms with Crippen molar-refractivity contribution >= 4 is 16.0 Å². The van der Waals surface area contributed by atoms with E-state index in [1.807, 2.05) is 0 Å². The lowest BCUT2D eigenvalue weighted by Gasteiger charge is -2.11. The molecule has 0 atom stereocenters. The van der Waals surface area contributed by atoms with Gasteiger partial charge in [-0.2, -0.15) is 4.84 Å². The molecule has 1 aromatic carbocycles. The molecule has 106 valence electrons. The zero-order valence-electron chi connectivity index (χ0n) is 9.39. The van der Waals surface area contributed by atoms with E-state index >= 15 is 0 Å². The molecule has 6 nitrogen and oxygen atoms in total. The van der Waals surface area contributed by atoms with E-state index in [0.717, 1.165) is 24.1 Å². The van der Waals surface area contributed by atoms with Crippen molar-refractivity contribution in [2.45, 2.75) is 11.3 Å². The van der Waals surface area contributed by atoms with Gasteiger partial charge in [0, 0.05) is 0 Å². The topological polar surface area (TPSA) is 81.7 Å². The van der Waals surface area contributed by atoms with Crippen molar-refractivity contribution < 1.29 is 36.0 Å². The van der Waals surface area contributed by atoms with Crippen molar-refractivity contribution in [1.29, 1.82) is 0 Å². The second kappa shape index (κ2) is 5.55. The number of alkyl halides is 3. The highest BCUT2D eigenvalue weighted by Crippen LogP contribution is 2.19. The number of nitrogens with one attached hydrogen (secondary N) is 1. The molecule has 1 aromatic rings. The molecule has 0 aliphatic carbocycles. The predicted octanol–water partition coefficient (Wildman–Crippen LogP) is 1.20. The van der Waals surface area contributed by atoms with Gasteiger partial charge >= 0.3 is 12.3 Å². The number of hydrogen-bond donors (Lipinski definition) is 1. The molecule has 1 N–H and O–H groups in total. The van der Waals surface area contributed by atoms with Gasteiger partial charge in [-0.05, 0) is 12.1 Å². The minimum Gasteiger partial charge on any atom is -0.465 e. The summed E-state index contributed by atoms with van der Waals surface area (Å²) >= 11 is 0. The summed E-state index contributed by atoms with van der Waals surface area (Å²) in [6.07, 6.45) is -5.19. The molecule has 1 rings (SSSR count).